The number of nitrogens with one attached hydrogen (secondary N) is 3. The first-order valence-electron chi connectivity index (χ1n) is 8.47. The number of methoxy groups -OCH3 is 1. The van der Waals surface area contributed by atoms with Gasteiger partial charge in [-0.1, -0.05) is 18.2 Å². The van der Waals surface area contributed by atoms with Gasteiger partial charge in [-0.2, -0.15) is 0 Å². The second-order valence-electron chi connectivity index (χ2n) is 5.64. The Morgan fingerprint density at radius 3 is 2.61 bits per heavy atom. The number of guanidine groups is 1. The predicted molar refractivity (Wildman–Crippen MR) is 120 cm³/mol. The van der Waals surface area contributed by atoms with E-state index in [1.807, 2.05) is 24.3 Å². The standard InChI is InChI=1S/C18H25N5O3S.HI/c1-19-18(22-14-16-7-3-4-9-20-16)21-13-15-6-5-8-17(12-15)27(24,25)23-10-11-26-2;/h3-9,12,23H,10-11,13-14H2,1-2H3,(H2,19,21,22);1H. The van der Waals surface area contributed by atoms with Gasteiger partial charge in [0, 0.05) is 33.4 Å². The number of nitrogens with zero attached hydrogens (tertiary/aromatic N) is 2. The molecule has 0 saturated heterocycles. The van der Waals surface area contributed by atoms with Crippen molar-refractivity contribution in [2.45, 2.75) is 18.0 Å². The fraction of sp³-hybridized carbons (Fsp3) is 0.333. The van der Waals surface area contributed by atoms with Crippen LogP contribution in [0.3, 0.4) is 0 Å². The third-order valence-electron chi connectivity index (χ3n) is 3.65. The Hall–Kier alpha value is -1.76. The van der Waals surface area contributed by atoms with Gasteiger partial charge in [0.25, 0.3) is 0 Å². The highest BCUT2D eigenvalue weighted by Crippen LogP contribution is 2.11. The van der Waals surface area contributed by atoms with E-state index in [4.69, 9.17) is 4.74 Å². The zero-order chi connectivity index (χ0) is 19.5. The van der Waals surface area contributed by atoms with Crippen LogP contribution in [0.5, 0.6) is 0 Å². The number of hydrogen-bond acceptors (Lipinski definition) is 5. The van der Waals surface area contributed by atoms with Gasteiger partial charge < -0.3 is 15.4 Å². The molecule has 0 unspecified atom stereocenters. The van der Waals surface area contributed by atoms with Crippen molar-refractivity contribution in [3.8, 4) is 0 Å². The highest BCUT2D eigenvalue weighted by molar-refractivity contribution is 14.0. The predicted octanol–water partition coefficient (Wildman–Crippen LogP) is 1.49. The number of sulfonamides is 1. The van der Waals surface area contributed by atoms with E-state index in [0.717, 1.165) is 11.3 Å². The summed E-state index contributed by atoms with van der Waals surface area (Å²) in [6.45, 7) is 1.52. The van der Waals surface area contributed by atoms with Crippen LogP contribution in [0.25, 0.3) is 0 Å². The smallest absolute Gasteiger partial charge is 0.240 e. The minimum Gasteiger partial charge on any atom is -0.383 e. The van der Waals surface area contributed by atoms with E-state index in [-0.39, 0.29) is 35.4 Å². The summed E-state index contributed by atoms with van der Waals surface area (Å²) < 4.78 is 31.9. The minimum atomic E-state index is -3.56. The van der Waals surface area contributed by atoms with Crippen molar-refractivity contribution in [3.05, 3.63) is 59.9 Å². The van der Waals surface area contributed by atoms with Crippen LogP contribution in [0.4, 0.5) is 0 Å². The molecule has 1 aromatic carbocycles. The molecule has 2 rings (SSSR count). The number of ether oxygens (including phenoxy) is 1. The Labute approximate surface area is 183 Å². The Kier molecular flexibility index (Phi) is 11.0. The molecule has 0 fully saturated rings. The van der Waals surface area contributed by atoms with Crippen molar-refractivity contribution in [3.63, 3.8) is 0 Å². The fourth-order valence-electron chi connectivity index (χ4n) is 2.27. The monoisotopic (exact) mass is 519 g/mol. The van der Waals surface area contributed by atoms with Gasteiger partial charge in [0.1, 0.15) is 0 Å². The van der Waals surface area contributed by atoms with Crippen molar-refractivity contribution in [1.82, 2.24) is 20.3 Å². The third kappa shape index (κ3) is 8.09. The van der Waals surface area contributed by atoms with Gasteiger partial charge in [0.05, 0.1) is 23.7 Å². The SMILES string of the molecule is CN=C(NCc1cccc(S(=O)(=O)NCCOC)c1)NCc1ccccn1.I. The summed E-state index contributed by atoms with van der Waals surface area (Å²) in [5.74, 6) is 0.604. The minimum absolute atomic E-state index is 0. The van der Waals surface area contributed by atoms with Crippen LogP contribution in [0, 0.1) is 0 Å². The maximum atomic E-state index is 12.3. The molecule has 0 aliphatic carbocycles. The summed E-state index contributed by atoms with van der Waals surface area (Å²) in [5, 5.41) is 6.33. The molecule has 28 heavy (non-hydrogen) atoms. The molecule has 1 aromatic heterocycles. The number of aromatic nitrogens is 1. The van der Waals surface area contributed by atoms with E-state index in [1.54, 1.807) is 31.4 Å². The molecule has 154 valence electrons. The van der Waals surface area contributed by atoms with Crippen LogP contribution in [-0.2, 0) is 27.8 Å². The molecule has 0 spiro atoms. The first kappa shape index (κ1) is 24.3. The zero-order valence-electron chi connectivity index (χ0n) is 15.9. The first-order valence-corrected chi connectivity index (χ1v) is 9.95. The van der Waals surface area contributed by atoms with Gasteiger partial charge in [0.2, 0.25) is 10.0 Å². The van der Waals surface area contributed by atoms with Crippen LogP contribution in [0.2, 0.25) is 0 Å². The maximum Gasteiger partial charge on any atom is 0.240 e. The Morgan fingerprint density at radius 1 is 1.14 bits per heavy atom. The number of rotatable bonds is 9. The Balaban J connectivity index is 0.00000392. The average Bonchev–Trinajstić information content (AvgIpc) is 2.69. The van der Waals surface area contributed by atoms with Gasteiger partial charge in [-0.15, -0.1) is 24.0 Å². The fourth-order valence-corrected chi connectivity index (χ4v) is 3.35. The molecular formula is C18H26IN5O3S. The summed E-state index contributed by atoms with van der Waals surface area (Å²) in [5.41, 5.74) is 1.72. The number of hydrogen-bond donors (Lipinski definition) is 3. The largest absolute Gasteiger partial charge is 0.383 e. The van der Waals surface area contributed by atoms with Crippen molar-refractivity contribution < 1.29 is 13.2 Å². The molecule has 0 saturated carbocycles. The number of aliphatic imine (C=N–C) groups is 1. The van der Waals surface area contributed by atoms with Crippen molar-refractivity contribution in [1.29, 1.82) is 0 Å². The molecule has 10 heteroatoms. The van der Waals surface area contributed by atoms with Crippen LogP contribution >= 0.6 is 24.0 Å². The second-order valence-corrected chi connectivity index (χ2v) is 7.41. The lowest BCUT2D eigenvalue weighted by Gasteiger charge is -2.12. The Bertz CT molecular complexity index is 847. The maximum absolute atomic E-state index is 12.3. The topological polar surface area (TPSA) is 105 Å². The molecule has 8 nitrogen and oxygen atoms in total. The molecule has 0 bridgehead atoms. The highest BCUT2D eigenvalue weighted by atomic mass is 127. The van der Waals surface area contributed by atoms with E-state index in [0.29, 0.717) is 25.7 Å². The normalized spacial score (nSPS) is 11.6. The molecule has 0 amide bonds. The molecule has 3 N–H and O–H groups in total. The van der Waals surface area contributed by atoms with Crippen molar-refractivity contribution >= 4 is 40.0 Å². The molecular weight excluding hydrogens is 493 g/mol. The second kappa shape index (κ2) is 12.6. The quantitative estimate of drug-likeness (QED) is 0.201. The van der Waals surface area contributed by atoms with Gasteiger partial charge >= 0.3 is 0 Å². The van der Waals surface area contributed by atoms with Gasteiger partial charge in [-0.05, 0) is 29.8 Å². The molecule has 1 heterocycles. The number of pyridine rings is 1. The number of halogens is 1. The number of benzene rings is 1. The molecule has 0 atom stereocenters. The summed E-state index contributed by atoms with van der Waals surface area (Å²) in [4.78, 5) is 8.62. The van der Waals surface area contributed by atoms with E-state index < -0.39 is 10.0 Å². The molecule has 2 aromatic rings. The lowest BCUT2D eigenvalue weighted by Crippen LogP contribution is -2.36. The highest BCUT2D eigenvalue weighted by Gasteiger charge is 2.13. The van der Waals surface area contributed by atoms with Gasteiger partial charge in [0.15, 0.2) is 5.96 Å². The summed E-state index contributed by atoms with van der Waals surface area (Å²) >= 11 is 0. The first-order chi connectivity index (χ1) is 13.0. The molecule has 0 aliphatic rings. The summed E-state index contributed by atoms with van der Waals surface area (Å²) in [7, 11) is -0.359. The van der Waals surface area contributed by atoms with Crippen molar-refractivity contribution in [2.24, 2.45) is 4.99 Å². The van der Waals surface area contributed by atoms with Crippen LogP contribution in [0.15, 0.2) is 58.5 Å². The summed E-state index contributed by atoms with van der Waals surface area (Å²) in [6, 6.07) is 12.5. The summed E-state index contributed by atoms with van der Waals surface area (Å²) in [6.07, 6.45) is 1.74. The van der Waals surface area contributed by atoms with E-state index in [1.165, 1.54) is 7.11 Å². The Morgan fingerprint density at radius 2 is 1.93 bits per heavy atom. The van der Waals surface area contributed by atoms with Crippen LogP contribution in [0.1, 0.15) is 11.3 Å². The third-order valence-corrected chi connectivity index (χ3v) is 5.11. The average molecular weight is 519 g/mol. The van der Waals surface area contributed by atoms with E-state index in [9.17, 15) is 8.42 Å². The van der Waals surface area contributed by atoms with Crippen LogP contribution in [-0.4, -0.2) is 46.7 Å². The lowest BCUT2D eigenvalue weighted by atomic mass is 10.2. The zero-order valence-corrected chi connectivity index (χ0v) is 19.0. The van der Waals surface area contributed by atoms with E-state index in [2.05, 4.69) is 25.3 Å². The van der Waals surface area contributed by atoms with Gasteiger partial charge in [-0.3, -0.25) is 9.98 Å². The van der Waals surface area contributed by atoms with Crippen molar-refractivity contribution in [2.75, 3.05) is 27.3 Å². The lowest BCUT2D eigenvalue weighted by molar-refractivity contribution is 0.204. The van der Waals surface area contributed by atoms with Gasteiger partial charge in [-0.25, -0.2) is 13.1 Å². The molecule has 0 radical (unpaired) electrons. The molecule has 0 aliphatic heterocycles. The van der Waals surface area contributed by atoms with Crippen LogP contribution < -0.4 is 15.4 Å². The van der Waals surface area contributed by atoms with E-state index >= 15 is 0 Å².